The maximum Gasteiger partial charge on any atom is 0.142 e. The van der Waals surface area contributed by atoms with Gasteiger partial charge in [-0.15, -0.1) is 0 Å². The number of nitrogens with zero attached hydrogens (tertiary/aromatic N) is 1. The molecule has 3 rings (SSSR count). The lowest BCUT2D eigenvalue weighted by atomic mass is 9.97. The minimum absolute atomic E-state index is 0.290. The Kier molecular flexibility index (Phi) is 6.65. The Morgan fingerprint density at radius 2 is 1.43 bits per heavy atom. The molecular weight excluding hydrogens is 354 g/mol. The van der Waals surface area contributed by atoms with E-state index >= 15 is 0 Å². The molecule has 1 N–H and O–H groups in total. The van der Waals surface area contributed by atoms with E-state index in [2.05, 4.69) is 5.16 Å². The second-order valence-electron chi connectivity index (χ2n) is 6.08. The molecule has 0 aliphatic carbocycles. The highest BCUT2D eigenvalue weighted by Crippen LogP contribution is 2.31. The molecule has 5 heteroatoms. The Balaban J connectivity index is 1.97. The topological polar surface area (TPSA) is 60.3 Å². The predicted molar refractivity (Wildman–Crippen MR) is 109 cm³/mol. The van der Waals surface area contributed by atoms with Crippen LogP contribution in [0.5, 0.6) is 11.5 Å². The molecule has 0 saturated carbocycles. The molecule has 0 radical (unpaired) electrons. The van der Waals surface area contributed by atoms with Crippen molar-refractivity contribution < 1.29 is 19.4 Å². The third kappa shape index (κ3) is 4.50. The number of hydrogen-bond donors (Lipinski definition) is 1. The number of hydrogen-bond acceptors (Lipinski definition) is 5. The quantitative estimate of drug-likeness (QED) is 0.468. The van der Waals surface area contributed by atoms with Gasteiger partial charge in [-0.1, -0.05) is 65.8 Å². The van der Waals surface area contributed by atoms with Crippen LogP contribution in [0.15, 0.2) is 84.0 Å². The standard InChI is InChI=1S/C23H23NO4/c1-26-20-14-8-6-12-18(20)22(24-28-16-17-10-4-3-5-11-17)23(25)19-13-7-9-15-21(19)27-2/h3-15,23,25H,16H2,1-2H3. The third-order valence-electron chi connectivity index (χ3n) is 4.31. The van der Waals surface area contributed by atoms with E-state index in [1.807, 2.05) is 66.7 Å². The molecule has 0 aliphatic rings. The van der Waals surface area contributed by atoms with E-state index in [0.29, 0.717) is 28.3 Å². The van der Waals surface area contributed by atoms with Crippen molar-refractivity contribution in [1.29, 1.82) is 0 Å². The number of aliphatic hydroxyl groups is 1. The lowest BCUT2D eigenvalue weighted by Gasteiger charge is -2.18. The zero-order valence-corrected chi connectivity index (χ0v) is 15.9. The second kappa shape index (κ2) is 9.58. The van der Waals surface area contributed by atoms with Crippen LogP contribution >= 0.6 is 0 Å². The van der Waals surface area contributed by atoms with Gasteiger partial charge in [0, 0.05) is 11.1 Å². The zero-order chi connectivity index (χ0) is 19.8. The van der Waals surface area contributed by atoms with E-state index in [0.717, 1.165) is 5.56 Å². The summed E-state index contributed by atoms with van der Waals surface area (Å²) in [6.45, 7) is 0.290. The van der Waals surface area contributed by atoms with Gasteiger partial charge in [-0.2, -0.15) is 0 Å². The highest BCUT2D eigenvalue weighted by Gasteiger charge is 2.24. The van der Waals surface area contributed by atoms with Crippen molar-refractivity contribution in [1.82, 2.24) is 0 Å². The first kappa shape index (κ1) is 19.5. The highest BCUT2D eigenvalue weighted by atomic mass is 16.6. The fraction of sp³-hybridized carbons (Fsp3) is 0.174. The molecule has 0 fully saturated rings. The number of rotatable bonds is 8. The van der Waals surface area contributed by atoms with Crippen LogP contribution in [0.4, 0.5) is 0 Å². The van der Waals surface area contributed by atoms with Crippen molar-refractivity contribution in [3.8, 4) is 11.5 Å². The molecule has 144 valence electrons. The number of aliphatic hydroxyl groups excluding tert-OH is 1. The fourth-order valence-electron chi connectivity index (χ4n) is 2.89. The lowest BCUT2D eigenvalue weighted by Crippen LogP contribution is -2.16. The van der Waals surface area contributed by atoms with Gasteiger partial charge in [0.05, 0.1) is 14.2 Å². The van der Waals surface area contributed by atoms with Gasteiger partial charge >= 0.3 is 0 Å². The zero-order valence-electron chi connectivity index (χ0n) is 15.9. The maximum absolute atomic E-state index is 11.1. The van der Waals surface area contributed by atoms with E-state index in [1.165, 1.54) is 0 Å². The molecule has 3 aromatic carbocycles. The predicted octanol–water partition coefficient (Wildman–Crippen LogP) is 4.36. The van der Waals surface area contributed by atoms with Crippen LogP contribution in [-0.2, 0) is 11.4 Å². The Labute approximate surface area is 164 Å². The van der Waals surface area contributed by atoms with Crippen molar-refractivity contribution in [2.24, 2.45) is 5.16 Å². The van der Waals surface area contributed by atoms with E-state index in [-0.39, 0.29) is 6.61 Å². The average Bonchev–Trinajstić information content (AvgIpc) is 2.77. The Morgan fingerprint density at radius 1 is 0.821 bits per heavy atom. The monoisotopic (exact) mass is 377 g/mol. The molecular formula is C23H23NO4. The summed E-state index contributed by atoms with van der Waals surface area (Å²) in [5, 5.41) is 15.4. The van der Waals surface area contributed by atoms with E-state index in [4.69, 9.17) is 14.3 Å². The normalized spacial score (nSPS) is 12.3. The smallest absolute Gasteiger partial charge is 0.142 e. The number of para-hydroxylation sites is 2. The summed E-state index contributed by atoms with van der Waals surface area (Å²) < 4.78 is 10.9. The Hall–Kier alpha value is -3.31. The fourth-order valence-corrected chi connectivity index (χ4v) is 2.89. The van der Waals surface area contributed by atoms with Crippen LogP contribution in [0.25, 0.3) is 0 Å². The summed E-state index contributed by atoms with van der Waals surface area (Å²) in [6.07, 6.45) is -1.05. The Morgan fingerprint density at radius 3 is 2.14 bits per heavy atom. The number of ether oxygens (including phenoxy) is 2. The van der Waals surface area contributed by atoms with Gasteiger partial charge in [-0.25, -0.2) is 0 Å². The number of benzene rings is 3. The van der Waals surface area contributed by atoms with E-state index < -0.39 is 6.10 Å². The maximum atomic E-state index is 11.1. The molecule has 1 atom stereocenters. The minimum atomic E-state index is -1.05. The van der Waals surface area contributed by atoms with Gasteiger partial charge in [0.2, 0.25) is 0 Å². The summed E-state index contributed by atoms with van der Waals surface area (Å²) >= 11 is 0. The molecule has 5 nitrogen and oxygen atoms in total. The van der Waals surface area contributed by atoms with Gasteiger partial charge in [0.1, 0.15) is 29.9 Å². The number of methoxy groups -OCH3 is 2. The second-order valence-corrected chi connectivity index (χ2v) is 6.08. The van der Waals surface area contributed by atoms with Crippen molar-refractivity contribution in [3.05, 3.63) is 95.6 Å². The van der Waals surface area contributed by atoms with Crippen LogP contribution < -0.4 is 9.47 Å². The summed E-state index contributed by atoms with van der Waals surface area (Å²) in [4.78, 5) is 5.58. The molecule has 0 aromatic heterocycles. The summed E-state index contributed by atoms with van der Waals surface area (Å²) in [7, 11) is 3.15. The van der Waals surface area contributed by atoms with Crippen LogP contribution in [0, 0.1) is 0 Å². The summed E-state index contributed by atoms with van der Waals surface area (Å²) in [6, 6.07) is 24.4. The highest BCUT2D eigenvalue weighted by molar-refractivity contribution is 6.06. The van der Waals surface area contributed by atoms with E-state index in [9.17, 15) is 5.11 Å². The number of oxime groups is 1. The van der Waals surface area contributed by atoms with Crippen LogP contribution in [-0.4, -0.2) is 25.0 Å². The summed E-state index contributed by atoms with van der Waals surface area (Å²) in [5.74, 6) is 1.17. The minimum Gasteiger partial charge on any atom is -0.496 e. The van der Waals surface area contributed by atoms with Crippen LogP contribution in [0.2, 0.25) is 0 Å². The van der Waals surface area contributed by atoms with Crippen molar-refractivity contribution >= 4 is 5.71 Å². The van der Waals surface area contributed by atoms with Crippen LogP contribution in [0.3, 0.4) is 0 Å². The molecule has 3 aromatic rings. The largest absolute Gasteiger partial charge is 0.496 e. The van der Waals surface area contributed by atoms with Gasteiger partial charge in [-0.3, -0.25) is 0 Å². The van der Waals surface area contributed by atoms with Gasteiger partial charge in [0.15, 0.2) is 0 Å². The molecule has 0 heterocycles. The first-order valence-corrected chi connectivity index (χ1v) is 8.92. The van der Waals surface area contributed by atoms with Crippen molar-refractivity contribution in [2.45, 2.75) is 12.7 Å². The lowest BCUT2D eigenvalue weighted by molar-refractivity contribution is 0.124. The summed E-state index contributed by atoms with van der Waals surface area (Å²) in [5.41, 5.74) is 2.57. The molecule has 0 saturated heterocycles. The molecule has 0 bridgehead atoms. The van der Waals surface area contributed by atoms with E-state index in [1.54, 1.807) is 26.4 Å². The first-order chi connectivity index (χ1) is 13.7. The van der Waals surface area contributed by atoms with Crippen molar-refractivity contribution in [2.75, 3.05) is 14.2 Å². The first-order valence-electron chi connectivity index (χ1n) is 8.92. The van der Waals surface area contributed by atoms with Gasteiger partial charge < -0.3 is 19.4 Å². The van der Waals surface area contributed by atoms with Gasteiger partial charge in [0.25, 0.3) is 0 Å². The third-order valence-corrected chi connectivity index (χ3v) is 4.31. The molecule has 0 aliphatic heterocycles. The average molecular weight is 377 g/mol. The molecule has 0 amide bonds. The Bertz CT molecular complexity index is 925. The van der Waals surface area contributed by atoms with Crippen molar-refractivity contribution in [3.63, 3.8) is 0 Å². The van der Waals surface area contributed by atoms with Crippen LogP contribution in [0.1, 0.15) is 22.8 Å². The molecule has 1 unspecified atom stereocenters. The molecule has 0 spiro atoms. The SMILES string of the molecule is COc1ccccc1C(=NOCc1ccccc1)C(O)c1ccccc1OC. The van der Waals surface area contributed by atoms with Gasteiger partial charge in [-0.05, 0) is 23.8 Å². The molecule has 28 heavy (non-hydrogen) atoms.